The second-order valence-electron chi connectivity index (χ2n) is 4.26. The van der Waals surface area contributed by atoms with Crippen molar-refractivity contribution in [1.29, 1.82) is 0 Å². The van der Waals surface area contributed by atoms with Crippen LogP contribution < -0.4 is 0 Å². The summed E-state index contributed by atoms with van der Waals surface area (Å²) in [6, 6.07) is 0. The zero-order chi connectivity index (χ0) is 7.78. The molecule has 0 N–H and O–H groups in total. The molecule has 1 aliphatic carbocycles. The SMILES string of the molecule is CC1C[C@@H](F)CCC1(C)C. The normalized spacial score (nSPS) is 39.6. The standard InChI is InChI=1S/C9H17F/c1-7-6-8(10)4-5-9(7,2)3/h7-8H,4-6H2,1-3H3/t7?,8-/m0/s1. The van der Waals surface area contributed by atoms with Gasteiger partial charge in [0.2, 0.25) is 0 Å². The number of hydrogen-bond acceptors (Lipinski definition) is 0. The lowest BCUT2D eigenvalue weighted by Gasteiger charge is -2.37. The number of rotatable bonds is 0. The Balaban J connectivity index is 2.52. The van der Waals surface area contributed by atoms with Crippen molar-refractivity contribution in [3.05, 3.63) is 0 Å². The maximum absolute atomic E-state index is 12.8. The van der Waals surface area contributed by atoms with Crippen LogP contribution in [0.2, 0.25) is 0 Å². The van der Waals surface area contributed by atoms with Gasteiger partial charge < -0.3 is 0 Å². The quantitative estimate of drug-likeness (QED) is 0.490. The van der Waals surface area contributed by atoms with Crippen LogP contribution in [0, 0.1) is 11.3 Å². The van der Waals surface area contributed by atoms with Crippen molar-refractivity contribution in [2.75, 3.05) is 0 Å². The molecule has 0 nitrogen and oxygen atoms in total. The van der Waals surface area contributed by atoms with E-state index < -0.39 is 6.17 Å². The first kappa shape index (κ1) is 8.03. The van der Waals surface area contributed by atoms with E-state index in [0.29, 0.717) is 11.3 Å². The molecule has 0 aromatic rings. The molecule has 1 aliphatic rings. The third kappa shape index (κ3) is 1.50. The highest BCUT2D eigenvalue weighted by atomic mass is 19.1. The first-order valence-corrected chi connectivity index (χ1v) is 4.16. The van der Waals surface area contributed by atoms with E-state index in [2.05, 4.69) is 20.8 Å². The van der Waals surface area contributed by atoms with Crippen LogP contribution in [0.5, 0.6) is 0 Å². The van der Waals surface area contributed by atoms with Crippen LogP contribution in [0.1, 0.15) is 40.0 Å². The Morgan fingerprint density at radius 1 is 1.40 bits per heavy atom. The Morgan fingerprint density at radius 2 is 2.00 bits per heavy atom. The Labute approximate surface area is 62.8 Å². The van der Waals surface area contributed by atoms with E-state index in [1.807, 2.05) is 0 Å². The first-order chi connectivity index (χ1) is 4.52. The second kappa shape index (κ2) is 2.52. The van der Waals surface area contributed by atoms with E-state index in [0.717, 1.165) is 19.3 Å². The maximum atomic E-state index is 12.8. The Hall–Kier alpha value is -0.0700. The Morgan fingerprint density at radius 3 is 2.40 bits per heavy atom. The molecule has 0 saturated heterocycles. The zero-order valence-corrected chi connectivity index (χ0v) is 7.15. The molecule has 0 heterocycles. The van der Waals surface area contributed by atoms with Crippen LogP contribution >= 0.6 is 0 Å². The predicted octanol–water partition coefficient (Wildman–Crippen LogP) is 3.17. The highest BCUT2D eigenvalue weighted by molar-refractivity contribution is 4.83. The summed E-state index contributed by atoms with van der Waals surface area (Å²) in [6.45, 7) is 6.64. The van der Waals surface area contributed by atoms with Gasteiger partial charge in [0.25, 0.3) is 0 Å². The van der Waals surface area contributed by atoms with Gasteiger partial charge in [-0.25, -0.2) is 4.39 Å². The minimum absolute atomic E-state index is 0.378. The summed E-state index contributed by atoms with van der Waals surface area (Å²) in [5, 5.41) is 0. The molecule has 0 aromatic heterocycles. The smallest absolute Gasteiger partial charge is 0.100 e. The van der Waals surface area contributed by atoms with Gasteiger partial charge >= 0.3 is 0 Å². The van der Waals surface area contributed by atoms with Gasteiger partial charge in [0.05, 0.1) is 0 Å². The Kier molecular flexibility index (Phi) is 2.02. The molecule has 1 saturated carbocycles. The number of hydrogen-bond donors (Lipinski definition) is 0. The van der Waals surface area contributed by atoms with E-state index in [1.165, 1.54) is 0 Å². The summed E-state index contributed by atoms with van der Waals surface area (Å²) >= 11 is 0. The minimum atomic E-state index is -0.525. The van der Waals surface area contributed by atoms with Crippen molar-refractivity contribution >= 4 is 0 Å². The molecule has 0 bridgehead atoms. The van der Waals surface area contributed by atoms with Crippen molar-refractivity contribution in [2.24, 2.45) is 11.3 Å². The fraction of sp³-hybridized carbons (Fsp3) is 1.00. The molecular formula is C9H17F. The van der Waals surface area contributed by atoms with Crippen molar-refractivity contribution < 1.29 is 4.39 Å². The lowest BCUT2D eigenvalue weighted by molar-refractivity contribution is 0.0883. The van der Waals surface area contributed by atoms with Gasteiger partial charge in [0.15, 0.2) is 0 Å². The average Bonchev–Trinajstić information content (AvgIpc) is 1.81. The average molecular weight is 144 g/mol. The fourth-order valence-electron chi connectivity index (χ4n) is 1.60. The highest BCUT2D eigenvalue weighted by Gasteiger charge is 2.33. The van der Waals surface area contributed by atoms with Crippen molar-refractivity contribution in [1.82, 2.24) is 0 Å². The molecule has 0 aliphatic heterocycles. The summed E-state index contributed by atoms with van der Waals surface area (Å²) in [5.74, 6) is 0.552. The van der Waals surface area contributed by atoms with Crippen molar-refractivity contribution in [2.45, 2.75) is 46.2 Å². The molecule has 2 atom stereocenters. The molecule has 10 heavy (non-hydrogen) atoms. The number of alkyl halides is 1. The largest absolute Gasteiger partial charge is 0.247 e. The summed E-state index contributed by atoms with van der Waals surface area (Å²) in [7, 11) is 0. The molecular weight excluding hydrogens is 127 g/mol. The molecule has 1 heteroatoms. The molecule has 0 aromatic carbocycles. The van der Waals surface area contributed by atoms with Gasteiger partial charge in [-0.1, -0.05) is 20.8 Å². The topological polar surface area (TPSA) is 0 Å². The van der Waals surface area contributed by atoms with E-state index >= 15 is 0 Å². The van der Waals surface area contributed by atoms with Crippen LogP contribution in [0.4, 0.5) is 4.39 Å². The molecule has 60 valence electrons. The van der Waals surface area contributed by atoms with Gasteiger partial charge in [0, 0.05) is 0 Å². The second-order valence-corrected chi connectivity index (χ2v) is 4.26. The summed E-state index contributed by atoms with van der Waals surface area (Å²) in [4.78, 5) is 0. The van der Waals surface area contributed by atoms with Crippen LogP contribution in [0.3, 0.4) is 0 Å². The van der Waals surface area contributed by atoms with Crippen molar-refractivity contribution in [3.63, 3.8) is 0 Å². The van der Waals surface area contributed by atoms with Crippen LogP contribution in [-0.4, -0.2) is 6.17 Å². The van der Waals surface area contributed by atoms with E-state index in [9.17, 15) is 4.39 Å². The highest BCUT2D eigenvalue weighted by Crippen LogP contribution is 2.40. The van der Waals surface area contributed by atoms with Crippen LogP contribution in [0.15, 0.2) is 0 Å². The minimum Gasteiger partial charge on any atom is -0.247 e. The molecule has 1 unspecified atom stereocenters. The maximum Gasteiger partial charge on any atom is 0.100 e. The zero-order valence-electron chi connectivity index (χ0n) is 7.15. The molecule has 1 fully saturated rings. The summed E-state index contributed by atoms with van der Waals surface area (Å²) in [5.41, 5.74) is 0.378. The Bertz CT molecular complexity index is 118. The molecule has 0 radical (unpaired) electrons. The van der Waals surface area contributed by atoms with E-state index in [4.69, 9.17) is 0 Å². The van der Waals surface area contributed by atoms with E-state index in [-0.39, 0.29) is 0 Å². The first-order valence-electron chi connectivity index (χ1n) is 4.16. The fourth-order valence-corrected chi connectivity index (χ4v) is 1.60. The third-order valence-corrected chi connectivity index (χ3v) is 3.05. The lowest BCUT2D eigenvalue weighted by Crippen LogP contribution is -2.30. The third-order valence-electron chi connectivity index (χ3n) is 3.05. The molecule has 0 amide bonds. The molecule has 1 rings (SSSR count). The van der Waals surface area contributed by atoms with E-state index in [1.54, 1.807) is 0 Å². The predicted molar refractivity (Wildman–Crippen MR) is 41.7 cm³/mol. The van der Waals surface area contributed by atoms with Crippen molar-refractivity contribution in [3.8, 4) is 0 Å². The number of halogens is 1. The van der Waals surface area contributed by atoms with Gasteiger partial charge in [-0.3, -0.25) is 0 Å². The molecule has 0 spiro atoms. The van der Waals surface area contributed by atoms with Gasteiger partial charge in [-0.2, -0.15) is 0 Å². The van der Waals surface area contributed by atoms with Crippen LogP contribution in [0.25, 0.3) is 0 Å². The van der Waals surface area contributed by atoms with Crippen LogP contribution in [-0.2, 0) is 0 Å². The van der Waals surface area contributed by atoms with Gasteiger partial charge in [0.1, 0.15) is 6.17 Å². The van der Waals surface area contributed by atoms with Gasteiger partial charge in [-0.05, 0) is 30.6 Å². The lowest BCUT2D eigenvalue weighted by atomic mass is 9.69. The van der Waals surface area contributed by atoms with Gasteiger partial charge in [-0.15, -0.1) is 0 Å². The monoisotopic (exact) mass is 144 g/mol. The summed E-state index contributed by atoms with van der Waals surface area (Å²) < 4.78 is 12.8. The summed E-state index contributed by atoms with van der Waals surface area (Å²) in [6.07, 6.45) is 2.07.